The topological polar surface area (TPSA) is 66.5 Å². The Morgan fingerprint density at radius 3 is 2.30 bits per heavy atom. The molecule has 126 valence electrons. The maximum Gasteiger partial charge on any atom is 0.416 e. The number of nitrogens with one attached hydrogen (secondary N) is 1. The fourth-order valence-corrected chi connectivity index (χ4v) is 5.04. The van der Waals surface area contributed by atoms with E-state index >= 15 is 0 Å². The van der Waals surface area contributed by atoms with Crippen LogP contribution in [0.3, 0.4) is 0 Å². The van der Waals surface area contributed by atoms with E-state index in [9.17, 15) is 26.4 Å². The molecular weight excluding hydrogens is 333 g/mol. The van der Waals surface area contributed by atoms with E-state index in [4.69, 9.17) is 0 Å². The Labute approximate surface area is 131 Å². The smallest absolute Gasteiger partial charge is 0.354 e. The van der Waals surface area contributed by atoms with Crippen molar-refractivity contribution in [1.29, 1.82) is 0 Å². The number of nitrogens with zero attached hydrogens (tertiary/aromatic N) is 1. The van der Waals surface area contributed by atoms with Gasteiger partial charge in [0.2, 0.25) is 15.9 Å². The number of rotatable bonds is 2. The van der Waals surface area contributed by atoms with Crippen LogP contribution in [0.1, 0.15) is 24.8 Å². The van der Waals surface area contributed by atoms with Crippen molar-refractivity contribution in [2.24, 2.45) is 0 Å². The van der Waals surface area contributed by atoms with Crippen molar-refractivity contribution in [3.63, 3.8) is 0 Å². The first-order chi connectivity index (χ1) is 10.7. The van der Waals surface area contributed by atoms with Gasteiger partial charge in [-0.1, -0.05) is 0 Å². The number of hydrogen-bond acceptors (Lipinski definition) is 3. The number of fused-ring (bicyclic) bond motifs is 2. The normalized spacial score (nSPS) is 26.0. The van der Waals surface area contributed by atoms with Crippen molar-refractivity contribution in [2.75, 3.05) is 6.54 Å². The lowest BCUT2D eigenvalue weighted by Crippen LogP contribution is -2.42. The van der Waals surface area contributed by atoms with E-state index in [-0.39, 0.29) is 29.8 Å². The SMILES string of the molecule is O=C1CC2CCC(CN1)N2S(=O)(=O)c1ccc(C(F)(F)F)cc1. The summed E-state index contributed by atoms with van der Waals surface area (Å²) in [5, 5.41) is 2.66. The highest BCUT2D eigenvalue weighted by atomic mass is 32.2. The lowest BCUT2D eigenvalue weighted by Gasteiger charge is -2.26. The molecule has 2 heterocycles. The predicted molar refractivity (Wildman–Crippen MR) is 74.9 cm³/mol. The van der Waals surface area contributed by atoms with Gasteiger partial charge < -0.3 is 5.32 Å². The first-order valence-electron chi connectivity index (χ1n) is 7.17. The molecular formula is C14H15F3N2O3S. The monoisotopic (exact) mass is 348 g/mol. The lowest BCUT2D eigenvalue weighted by molar-refractivity contribution is -0.137. The van der Waals surface area contributed by atoms with Gasteiger partial charge >= 0.3 is 6.18 Å². The number of carbonyl (C=O) groups excluding carboxylic acids is 1. The zero-order chi connectivity index (χ0) is 16.8. The molecule has 1 aromatic carbocycles. The van der Waals surface area contributed by atoms with Crippen LogP contribution in [0.5, 0.6) is 0 Å². The molecule has 3 rings (SSSR count). The van der Waals surface area contributed by atoms with Gasteiger partial charge in [0, 0.05) is 25.0 Å². The van der Waals surface area contributed by atoms with Crippen LogP contribution in [0.4, 0.5) is 13.2 Å². The summed E-state index contributed by atoms with van der Waals surface area (Å²) in [5.41, 5.74) is -0.896. The number of alkyl halides is 3. The van der Waals surface area contributed by atoms with Crippen LogP contribution in [0.2, 0.25) is 0 Å². The summed E-state index contributed by atoms with van der Waals surface area (Å²) in [6.07, 6.45) is -3.22. The van der Waals surface area contributed by atoms with E-state index < -0.39 is 27.8 Å². The van der Waals surface area contributed by atoms with Crippen molar-refractivity contribution in [3.8, 4) is 0 Å². The number of sulfonamides is 1. The largest absolute Gasteiger partial charge is 0.416 e. The second kappa shape index (κ2) is 5.48. The van der Waals surface area contributed by atoms with Crippen LogP contribution >= 0.6 is 0 Å². The molecule has 2 aliphatic rings. The molecule has 1 N–H and O–H groups in total. The van der Waals surface area contributed by atoms with Crippen molar-refractivity contribution in [1.82, 2.24) is 9.62 Å². The fraction of sp³-hybridized carbons (Fsp3) is 0.500. The van der Waals surface area contributed by atoms with Crippen molar-refractivity contribution in [2.45, 2.75) is 42.4 Å². The molecule has 2 bridgehead atoms. The van der Waals surface area contributed by atoms with Gasteiger partial charge in [0.15, 0.2) is 0 Å². The number of benzene rings is 1. The molecule has 9 heteroatoms. The standard InChI is InChI=1S/C14H15F3N2O3S/c15-14(16,17)9-1-5-12(6-2-9)23(21,22)19-10-3-4-11(19)8-18-13(20)7-10/h1-2,5-6,10-11H,3-4,7-8H2,(H,18,20). The number of hydrogen-bond donors (Lipinski definition) is 1. The van der Waals surface area contributed by atoms with Crippen LogP contribution in [-0.2, 0) is 21.0 Å². The van der Waals surface area contributed by atoms with Gasteiger partial charge in [-0.3, -0.25) is 4.79 Å². The van der Waals surface area contributed by atoms with Crippen LogP contribution < -0.4 is 5.32 Å². The average Bonchev–Trinajstić information content (AvgIpc) is 2.78. The average molecular weight is 348 g/mol. The minimum absolute atomic E-state index is 0.0797. The summed E-state index contributed by atoms with van der Waals surface area (Å²) in [6, 6.07) is 2.68. The third-order valence-corrected chi connectivity index (χ3v) is 6.29. The van der Waals surface area contributed by atoms with Gasteiger partial charge in [-0.05, 0) is 37.1 Å². The van der Waals surface area contributed by atoms with Gasteiger partial charge in [0.05, 0.1) is 10.5 Å². The molecule has 2 unspecified atom stereocenters. The number of halogens is 3. The van der Waals surface area contributed by atoms with Gasteiger partial charge in [-0.15, -0.1) is 0 Å². The van der Waals surface area contributed by atoms with E-state index in [0.29, 0.717) is 12.8 Å². The second-order valence-electron chi connectivity index (χ2n) is 5.75. The Balaban J connectivity index is 1.94. The Morgan fingerprint density at radius 2 is 1.70 bits per heavy atom. The van der Waals surface area contributed by atoms with Crippen LogP contribution in [0.15, 0.2) is 29.2 Å². The quantitative estimate of drug-likeness (QED) is 0.885. The Kier molecular flexibility index (Phi) is 3.88. The van der Waals surface area contributed by atoms with E-state index in [0.717, 1.165) is 24.3 Å². The van der Waals surface area contributed by atoms with Crippen LogP contribution in [0.25, 0.3) is 0 Å². The third-order valence-electron chi connectivity index (χ3n) is 4.27. The van der Waals surface area contributed by atoms with Crippen molar-refractivity contribution < 1.29 is 26.4 Å². The van der Waals surface area contributed by atoms with Gasteiger partial charge in [0.1, 0.15) is 0 Å². The number of carbonyl (C=O) groups is 1. The van der Waals surface area contributed by atoms with Crippen molar-refractivity contribution in [3.05, 3.63) is 29.8 Å². The Bertz CT molecular complexity index is 716. The Hall–Kier alpha value is -1.61. The summed E-state index contributed by atoms with van der Waals surface area (Å²) in [5.74, 6) is -0.204. The van der Waals surface area contributed by atoms with E-state index in [2.05, 4.69) is 5.32 Å². The predicted octanol–water partition coefficient (Wildman–Crippen LogP) is 1.75. The van der Waals surface area contributed by atoms with Gasteiger partial charge in [0.25, 0.3) is 0 Å². The molecule has 5 nitrogen and oxygen atoms in total. The first kappa shape index (κ1) is 16.3. The van der Waals surface area contributed by atoms with E-state index in [1.54, 1.807) is 0 Å². The van der Waals surface area contributed by atoms with Gasteiger partial charge in [-0.2, -0.15) is 17.5 Å². The molecule has 0 aromatic heterocycles. The van der Waals surface area contributed by atoms with Crippen LogP contribution in [-0.4, -0.2) is 37.3 Å². The summed E-state index contributed by atoms with van der Waals surface area (Å²) >= 11 is 0. The molecule has 2 saturated heterocycles. The highest BCUT2D eigenvalue weighted by Gasteiger charge is 2.45. The maximum atomic E-state index is 12.8. The highest BCUT2D eigenvalue weighted by molar-refractivity contribution is 7.89. The molecule has 1 aromatic rings. The summed E-state index contributed by atoms with van der Waals surface area (Å²) in [4.78, 5) is 11.4. The summed E-state index contributed by atoms with van der Waals surface area (Å²) < 4.78 is 64.6. The second-order valence-corrected chi connectivity index (χ2v) is 7.59. The third kappa shape index (κ3) is 2.94. The molecule has 2 fully saturated rings. The molecule has 0 saturated carbocycles. The maximum absolute atomic E-state index is 12.8. The molecule has 23 heavy (non-hydrogen) atoms. The summed E-state index contributed by atoms with van der Waals surface area (Å²) in [7, 11) is -3.93. The van der Waals surface area contributed by atoms with E-state index in [1.807, 2.05) is 0 Å². The zero-order valence-corrected chi connectivity index (χ0v) is 12.8. The Morgan fingerprint density at radius 1 is 1.09 bits per heavy atom. The molecule has 0 aliphatic carbocycles. The van der Waals surface area contributed by atoms with E-state index in [1.165, 1.54) is 4.31 Å². The van der Waals surface area contributed by atoms with Gasteiger partial charge in [-0.25, -0.2) is 8.42 Å². The van der Waals surface area contributed by atoms with Crippen LogP contribution in [0, 0.1) is 0 Å². The summed E-state index contributed by atoms with van der Waals surface area (Å²) in [6.45, 7) is 0.231. The molecule has 2 aliphatic heterocycles. The lowest BCUT2D eigenvalue weighted by atomic mass is 10.1. The zero-order valence-electron chi connectivity index (χ0n) is 12.0. The minimum atomic E-state index is -4.51. The molecule has 0 radical (unpaired) electrons. The molecule has 1 amide bonds. The minimum Gasteiger partial charge on any atom is -0.354 e. The molecule has 0 spiro atoms. The fourth-order valence-electron chi connectivity index (χ4n) is 3.17. The van der Waals surface area contributed by atoms with Crippen molar-refractivity contribution >= 4 is 15.9 Å². The highest BCUT2D eigenvalue weighted by Crippen LogP contribution is 2.35. The molecule has 2 atom stereocenters. The number of amides is 1. The first-order valence-corrected chi connectivity index (χ1v) is 8.61.